The highest BCUT2D eigenvalue weighted by Gasteiger charge is 2.26. The van der Waals surface area contributed by atoms with Gasteiger partial charge in [0.05, 0.1) is 5.69 Å². The standard InChI is InChI=1S/C18H27NO2/c1-3-4-5-14-7-9-15(10-8-14)18(21)19-16-11-6-13(2)12-17(16)20/h6,11-12,14-15,20H,3-5,7-10H2,1-2H3,(H,19,21). The maximum Gasteiger partial charge on any atom is 0.227 e. The number of rotatable bonds is 5. The van der Waals surface area contributed by atoms with Crippen LogP contribution in [-0.2, 0) is 4.79 Å². The van der Waals surface area contributed by atoms with Crippen LogP contribution in [0, 0.1) is 18.8 Å². The molecule has 1 aromatic carbocycles. The molecule has 0 heterocycles. The monoisotopic (exact) mass is 289 g/mol. The first-order valence-electron chi connectivity index (χ1n) is 8.20. The fourth-order valence-corrected chi connectivity index (χ4v) is 3.19. The number of phenolic OH excluding ortho intramolecular Hbond substituents is 1. The summed E-state index contributed by atoms with van der Waals surface area (Å²) in [4.78, 5) is 12.3. The van der Waals surface area contributed by atoms with Crippen LogP contribution in [0.15, 0.2) is 18.2 Å². The molecule has 21 heavy (non-hydrogen) atoms. The van der Waals surface area contributed by atoms with E-state index in [1.165, 1.54) is 19.3 Å². The van der Waals surface area contributed by atoms with Crippen LogP contribution >= 0.6 is 0 Å². The van der Waals surface area contributed by atoms with Crippen molar-refractivity contribution in [2.75, 3.05) is 5.32 Å². The van der Waals surface area contributed by atoms with E-state index >= 15 is 0 Å². The molecule has 1 aliphatic carbocycles. The molecule has 0 bridgehead atoms. The Morgan fingerprint density at radius 3 is 2.62 bits per heavy atom. The van der Waals surface area contributed by atoms with Crippen LogP contribution < -0.4 is 5.32 Å². The van der Waals surface area contributed by atoms with Crippen LogP contribution in [0.3, 0.4) is 0 Å². The summed E-state index contributed by atoms with van der Waals surface area (Å²) in [6.45, 7) is 4.15. The molecule has 116 valence electrons. The second-order valence-electron chi connectivity index (χ2n) is 6.37. The number of phenols is 1. The minimum Gasteiger partial charge on any atom is -0.506 e. The number of hydrogen-bond donors (Lipinski definition) is 2. The van der Waals surface area contributed by atoms with Gasteiger partial charge in [0.2, 0.25) is 5.91 Å². The molecule has 1 amide bonds. The molecule has 1 aliphatic rings. The second-order valence-corrected chi connectivity index (χ2v) is 6.37. The number of anilines is 1. The number of benzene rings is 1. The Balaban J connectivity index is 1.84. The van der Waals surface area contributed by atoms with E-state index in [4.69, 9.17) is 0 Å². The van der Waals surface area contributed by atoms with Gasteiger partial charge in [0, 0.05) is 5.92 Å². The maximum atomic E-state index is 12.3. The van der Waals surface area contributed by atoms with Crippen molar-refractivity contribution in [3.05, 3.63) is 23.8 Å². The number of carbonyl (C=O) groups is 1. The molecule has 0 atom stereocenters. The summed E-state index contributed by atoms with van der Waals surface area (Å²) in [6.07, 6.45) is 8.16. The molecule has 0 aromatic heterocycles. The van der Waals surface area contributed by atoms with Crippen LogP contribution in [0.1, 0.15) is 57.4 Å². The largest absolute Gasteiger partial charge is 0.506 e. The van der Waals surface area contributed by atoms with Gasteiger partial charge in [-0.1, -0.05) is 32.3 Å². The Morgan fingerprint density at radius 1 is 1.29 bits per heavy atom. The third-order valence-corrected chi connectivity index (χ3v) is 4.59. The van der Waals surface area contributed by atoms with Gasteiger partial charge in [0.15, 0.2) is 0 Å². The van der Waals surface area contributed by atoms with Crippen molar-refractivity contribution in [1.82, 2.24) is 0 Å². The van der Waals surface area contributed by atoms with Gasteiger partial charge in [-0.15, -0.1) is 0 Å². The first kappa shape index (κ1) is 15.9. The lowest BCUT2D eigenvalue weighted by molar-refractivity contribution is -0.121. The van der Waals surface area contributed by atoms with Crippen molar-refractivity contribution in [3.8, 4) is 5.75 Å². The van der Waals surface area contributed by atoms with Crippen LogP contribution in [0.2, 0.25) is 0 Å². The van der Waals surface area contributed by atoms with Gasteiger partial charge < -0.3 is 10.4 Å². The van der Waals surface area contributed by atoms with Crippen LogP contribution in [-0.4, -0.2) is 11.0 Å². The average Bonchev–Trinajstić information content (AvgIpc) is 2.48. The Hall–Kier alpha value is -1.51. The minimum atomic E-state index is 0.0584. The topological polar surface area (TPSA) is 49.3 Å². The molecule has 2 N–H and O–H groups in total. The fraction of sp³-hybridized carbons (Fsp3) is 0.611. The van der Waals surface area contributed by atoms with Crippen LogP contribution in [0.25, 0.3) is 0 Å². The third kappa shape index (κ3) is 4.48. The van der Waals surface area contributed by atoms with E-state index in [0.717, 1.165) is 37.2 Å². The normalized spacial score (nSPS) is 22.0. The lowest BCUT2D eigenvalue weighted by Gasteiger charge is -2.27. The first-order chi connectivity index (χ1) is 10.1. The Labute approximate surface area is 127 Å². The number of hydrogen-bond acceptors (Lipinski definition) is 2. The van der Waals surface area contributed by atoms with Gasteiger partial charge in [-0.25, -0.2) is 0 Å². The lowest BCUT2D eigenvalue weighted by Crippen LogP contribution is -2.27. The van der Waals surface area contributed by atoms with Gasteiger partial charge >= 0.3 is 0 Å². The highest BCUT2D eigenvalue weighted by Crippen LogP contribution is 2.33. The Morgan fingerprint density at radius 2 is 2.00 bits per heavy atom. The molecular formula is C18H27NO2. The van der Waals surface area contributed by atoms with Crippen LogP contribution in [0.5, 0.6) is 5.75 Å². The third-order valence-electron chi connectivity index (χ3n) is 4.59. The van der Waals surface area contributed by atoms with E-state index in [1.807, 2.05) is 13.0 Å². The Kier molecular flexibility index (Phi) is 5.66. The number of carbonyl (C=O) groups excluding carboxylic acids is 1. The molecule has 3 nitrogen and oxygen atoms in total. The smallest absolute Gasteiger partial charge is 0.227 e. The zero-order chi connectivity index (χ0) is 15.2. The SMILES string of the molecule is CCCCC1CCC(C(=O)Nc2ccc(C)cc2O)CC1. The van der Waals surface area contributed by atoms with Gasteiger partial charge in [-0.3, -0.25) is 4.79 Å². The summed E-state index contributed by atoms with van der Waals surface area (Å²) < 4.78 is 0. The van der Waals surface area contributed by atoms with Gasteiger partial charge in [-0.2, -0.15) is 0 Å². The summed E-state index contributed by atoms with van der Waals surface area (Å²) >= 11 is 0. The molecule has 0 saturated heterocycles. The van der Waals surface area contributed by atoms with Gasteiger partial charge in [0.25, 0.3) is 0 Å². The van der Waals surface area contributed by atoms with Crippen molar-refractivity contribution in [1.29, 1.82) is 0 Å². The predicted molar refractivity (Wildman–Crippen MR) is 86.4 cm³/mol. The van der Waals surface area contributed by atoms with E-state index in [2.05, 4.69) is 12.2 Å². The molecule has 0 aliphatic heterocycles. The highest BCUT2D eigenvalue weighted by atomic mass is 16.3. The molecule has 1 aromatic rings. The molecule has 0 unspecified atom stereocenters. The molecular weight excluding hydrogens is 262 g/mol. The zero-order valence-electron chi connectivity index (χ0n) is 13.2. The van der Waals surface area contributed by atoms with E-state index in [-0.39, 0.29) is 17.6 Å². The quantitative estimate of drug-likeness (QED) is 0.776. The van der Waals surface area contributed by atoms with Crippen molar-refractivity contribution in [2.45, 2.75) is 58.8 Å². The van der Waals surface area contributed by atoms with Gasteiger partial charge in [-0.05, 0) is 56.2 Å². The second kappa shape index (κ2) is 7.48. The average molecular weight is 289 g/mol. The highest BCUT2D eigenvalue weighted by molar-refractivity contribution is 5.93. The number of aryl methyl sites for hydroxylation is 1. The van der Waals surface area contributed by atoms with Crippen molar-refractivity contribution in [2.24, 2.45) is 11.8 Å². The molecule has 3 heteroatoms. The number of amides is 1. The Bertz CT molecular complexity index is 476. The maximum absolute atomic E-state index is 12.3. The summed E-state index contributed by atoms with van der Waals surface area (Å²) in [5.41, 5.74) is 1.51. The molecule has 1 fully saturated rings. The summed E-state index contributed by atoms with van der Waals surface area (Å²) in [6, 6.07) is 5.35. The van der Waals surface area contributed by atoms with Crippen molar-refractivity contribution < 1.29 is 9.90 Å². The van der Waals surface area contributed by atoms with Gasteiger partial charge in [0.1, 0.15) is 5.75 Å². The molecule has 0 radical (unpaired) electrons. The summed E-state index contributed by atoms with van der Waals surface area (Å²) in [7, 11) is 0. The summed E-state index contributed by atoms with van der Waals surface area (Å²) in [5.74, 6) is 1.12. The molecule has 2 rings (SSSR count). The summed E-state index contributed by atoms with van der Waals surface area (Å²) in [5, 5.41) is 12.7. The number of unbranched alkanes of at least 4 members (excludes halogenated alkanes) is 1. The first-order valence-corrected chi connectivity index (χ1v) is 8.20. The van der Waals surface area contributed by atoms with E-state index in [0.29, 0.717) is 5.69 Å². The number of aromatic hydroxyl groups is 1. The molecule has 0 spiro atoms. The lowest BCUT2D eigenvalue weighted by atomic mass is 9.79. The fourth-order valence-electron chi connectivity index (χ4n) is 3.19. The van der Waals surface area contributed by atoms with E-state index in [1.54, 1.807) is 12.1 Å². The predicted octanol–water partition coefficient (Wildman–Crippen LogP) is 4.64. The zero-order valence-corrected chi connectivity index (χ0v) is 13.2. The van der Waals surface area contributed by atoms with E-state index < -0.39 is 0 Å². The van der Waals surface area contributed by atoms with Crippen LogP contribution in [0.4, 0.5) is 5.69 Å². The number of nitrogens with one attached hydrogen (secondary N) is 1. The van der Waals surface area contributed by atoms with Crippen molar-refractivity contribution in [3.63, 3.8) is 0 Å². The van der Waals surface area contributed by atoms with E-state index in [9.17, 15) is 9.90 Å². The van der Waals surface area contributed by atoms with Crippen molar-refractivity contribution >= 4 is 11.6 Å². The molecule has 1 saturated carbocycles. The minimum absolute atomic E-state index is 0.0584.